The number of benzene rings is 3. The summed E-state index contributed by atoms with van der Waals surface area (Å²) in [5.74, 6) is -7.14. The lowest BCUT2D eigenvalue weighted by Crippen LogP contribution is -2.60. The van der Waals surface area contributed by atoms with Crippen LogP contribution in [0.5, 0.6) is 11.5 Å². The van der Waals surface area contributed by atoms with Gasteiger partial charge in [0, 0.05) is 34.7 Å². The number of hydrogen-bond acceptors (Lipinski definition) is 8. The minimum absolute atomic E-state index is 0.0595. The molecular weight excluding hydrogens is 768 g/mol. The van der Waals surface area contributed by atoms with E-state index in [4.69, 9.17) is 32.7 Å². The van der Waals surface area contributed by atoms with Gasteiger partial charge in [-0.25, -0.2) is 9.29 Å². The molecule has 14 heteroatoms. The molecule has 0 spiro atoms. The Morgan fingerprint density at radius 2 is 1.51 bits per heavy atom. The number of amides is 4. The number of ether oxygens (including phenoxy) is 2. The second-order valence-electron chi connectivity index (χ2n) is 13.4. The molecule has 3 heterocycles. The fourth-order valence-electron chi connectivity index (χ4n) is 8.60. The normalized spacial score (nSPS) is 30.3. The number of aromatic hydroxyl groups is 1. The first-order valence-corrected chi connectivity index (χ1v) is 18.0. The number of rotatable bonds is 5. The highest BCUT2D eigenvalue weighted by atomic mass is 79.9. The zero-order valence-corrected chi connectivity index (χ0v) is 30.3. The van der Waals surface area contributed by atoms with Crippen molar-refractivity contribution in [2.45, 2.75) is 28.5 Å². The number of allylic oxidation sites excluding steroid dienone is 2. The van der Waals surface area contributed by atoms with E-state index in [9.17, 15) is 28.7 Å². The number of phenolic OH excluding ortho intramolecular Hbond substituents is 1. The Morgan fingerprint density at radius 3 is 2.18 bits per heavy atom. The summed E-state index contributed by atoms with van der Waals surface area (Å²) in [7, 11) is 1.37. The van der Waals surface area contributed by atoms with Crippen molar-refractivity contribution in [2.75, 3.05) is 48.1 Å². The highest BCUT2D eigenvalue weighted by Crippen LogP contribution is 2.67. The maximum absolute atomic E-state index is 14.6. The third-order valence-electron chi connectivity index (χ3n) is 11.0. The topological polar surface area (TPSA) is 117 Å². The van der Waals surface area contributed by atoms with Gasteiger partial charge in [0.05, 0.1) is 43.5 Å². The Bertz CT molecular complexity index is 2030. The minimum atomic E-state index is -2.21. The Kier molecular flexibility index (Phi) is 8.25. The van der Waals surface area contributed by atoms with Crippen molar-refractivity contribution in [1.82, 2.24) is 0 Å². The first kappa shape index (κ1) is 34.1. The smallest absolute Gasteiger partial charge is 0.258 e. The standard InChI is InChI=1S/C37H31BrCl2FN3O7/c1-50-28-17-19(38)16-26(31(28)45)30-24-10-11-25-29(33(47)43(32(25)46)22-8-6-21(7-9-22)42-12-14-51-15-13-42)27(24)18-36(39)34(48)44(35(49)37(30,36)40)23-4-2-20(41)3-5-23/h2-10,16-17,25,27,29-30,45H,11-15,18H2,1H3. The first-order chi connectivity index (χ1) is 24.4. The van der Waals surface area contributed by atoms with E-state index in [0.717, 1.165) is 35.8 Å². The van der Waals surface area contributed by atoms with Crippen LogP contribution in [0.2, 0.25) is 0 Å². The molecule has 6 unspecified atom stereocenters. The van der Waals surface area contributed by atoms with Crippen molar-refractivity contribution >= 4 is 79.8 Å². The third kappa shape index (κ3) is 4.89. The molecule has 1 N–H and O–H groups in total. The summed E-state index contributed by atoms with van der Waals surface area (Å²) >= 11 is 18.3. The van der Waals surface area contributed by atoms with Crippen LogP contribution in [-0.2, 0) is 23.9 Å². The molecule has 264 valence electrons. The molecule has 3 saturated heterocycles. The minimum Gasteiger partial charge on any atom is -0.504 e. The maximum Gasteiger partial charge on any atom is 0.258 e. The number of fused-ring (bicyclic) bond motifs is 4. The molecule has 8 rings (SSSR count). The molecule has 51 heavy (non-hydrogen) atoms. The average molecular weight is 799 g/mol. The van der Waals surface area contributed by atoms with Gasteiger partial charge in [0.25, 0.3) is 11.8 Å². The van der Waals surface area contributed by atoms with Gasteiger partial charge >= 0.3 is 0 Å². The Balaban J connectivity index is 1.24. The number of carbonyl (C=O) groups is 4. The van der Waals surface area contributed by atoms with E-state index < -0.39 is 57.0 Å². The van der Waals surface area contributed by atoms with E-state index in [-0.39, 0.29) is 41.5 Å². The summed E-state index contributed by atoms with van der Waals surface area (Å²) < 4.78 is 25.3. The van der Waals surface area contributed by atoms with E-state index in [0.29, 0.717) is 28.9 Å². The van der Waals surface area contributed by atoms with Crippen molar-refractivity contribution in [3.05, 3.63) is 88.2 Å². The zero-order valence-electron chi connectivity index (χ0n) is 27.2. The predicted octanol–water partition coefficient (Wildman–Crippen LogP) is 5.91. The molecule has 10 nitrogen and oxygen atoms in total. The van der Waals surface area contributed by atoms with Crippen molar-refractivity contribution in [1.29, 1.82) is 0 Å². The van der Waals surface area contributed by atoms with E-state index in [2.05, 4.69) is 20.8 Å². The van der Waals surface area contributed by atoms with Gasteiger partial charge in [-0.2, -0.15) is 0 Å². The van der Waals surface area contributed by atoms with Crippen LogP contribution in [0, 0.1) is 23.6 Å². The summed E-state index contributed by atoms with van der Waals surface area (Å²) in [6.45, 7) is 2.67. The predicted molar refractivity (Wildman–Crippen MR) is 191 cm³/mol. The molecule has 3 aromatic rings. The zero-order chi connectivity index (χ0) is 36.0. The van der Waals surface area contributed by atoms with Gasteiger partial charge in [0.15, 0.2) is 21.2 Å². The molecule has 5 aliphatic rings. The van der Waals surface area contributed by atoms with Crippen LogP contribution in [0.1, 0.15) is 24.3 Å². The number of alkyl halides is 2. The van der Waals surface area contributed by atoms with Crippen LogP contribution in [0.15, 0.2) is 76.8 Å². The average Bonchev–Trinajstić information content (AvgIpc) is 3.47. The number of hydrogen-bond donors (Lipinski definition) is 1. The number of halogens is 4. The van der Waals surface area contributed by atoms with Gasteiger partial charge in [-0.1, -0.05) is 27.6 Å². The summed E-state index contributed by atoms with van der Waals surface area (Å²) in [6.07, 6.45) is 1.69. The molecule has 3 aliphatic heterocycles. The molecule has 1 saturated carbocycles. The Morgan fingerprint density at radius 1 is 0.882 bits per heavy atom. The van der Waals surface area contributed by atoms with Crippen LogP contribution in [-0.4, -0.2) is 71.9 Å². The number of anilines is 3. The maximum atomic E-state index is 14.6. The Hall–Kier alpha value is -3.97. The first-order valence-electron chi connectivity index (χ1n) is 16.5. The quantitative estimate of drug-likeness (QED) is 0.193. The molecule has 4 fully saturated rings. The fraction of sp³-hybridized carbons (Fsp3) is 0.351. The van der Waals surface area contributed by atoms with Gasteiger partial charge in [-0.05, 0) is 79.4 Å². The van der Waals surface area contributed by atoms with Gasteiger partial charge in [-0.15, -0.1) is 23.2 Å². The van der Waals surface area contributed by atoms with Crippen molar-refractivity contribution < 1.29 is 38.1 Å². The summed E-state index contributed by atoms with van der Waals surface area (Å²) in [5, 5.41) is 11.6. The number of morpholine rings is 1. The molecule has 0 radical (unpaired) electrons. The lowest BCUT2D eigenvalue weighted by Gasteiger charge is -2.50. The number of carbonyl (C=O) groups excluding carboxylic acids is 4. The summed E-state index contributed by atoms with van der Waals surface area (Å²) in [5.41, 5.74) is 2.07. The lowest BCUT2D eigenvalue weighted by molar-refractivity contribution is -0.125. The molecule has 2 aliphatic carbocycles. The van der Waals surface area contributed by atoms with E-state index >= 15 is 0 Å². The van der Waals surface area contributed by atoms with Gasteiger partial charge in [0.1, 0.15) is 5.82 Å². The van der Waals surface area contributed by atoms with Crippen molar-refractivity contribution in [3.8, 4) is 11.5 Å². The number of nitrogens with zero attached hydrogens (tertiary/aromatic N) is 3. The van der Waals surface area contributed by atoms with Crippen LogP contribution in [0.3, 0.4) is 0 Å². The SMILES string of the molecule is COc1cc(Br)cc(C2C3=CCC4C(=O)N(c5ccc(N6CCOCC6)cc5)C(=O)C4C3CC3(Cl)C(=O)N(c4ccc(F)cc4)C(=O)C23Cl)c1O. The molecule has 6 atom stereocenters. The molecular formula is C37H31BrCl2FN3O7. The largest absolute Gasteiger partial charge is 0.504 e. The molecule has 4 amide bonds. The second-order valence-corrected chi connectivity index (χ2v) is 15.6. The third-order valence-corrected chi connectivity index (χ3v) is 12.9. The highest BCUT2D eigenvalue weighted by Gasteiger charge is 2.77. The van der Waals surface area contributed by atoms with Crippen molar-refractivity contribution in [3.63, 3.8) is 0 Å². The second kappa shape index (κ2) is 12.3. The van der Waals surface area contributed by atoms with Gasteiger partial charge in [-0.3, -0.25) is 24.1 Å². The van der Waals surface area contributed by atoms with Crippen LogP contribution < -0.4 is 19.4 Å². The van der Waals surface area contributed by atoms with E-state index in [1.54, 1.807) is 24.3 Å². The van der Waals surface area contributed by atoms with Crippen LogP contribution in [0.4, 0.5) is 21.5 Å². The molecule has 3 aromatic carbocycles. The van der Waals surface area contributed by atoms with Gasteiger partial charge < -0.3 is 19.5 Å². The number of phenols is 1. The molecule has 0 aromatic heterocycles. The summed E-state index contributed by atoms with van der Waals surface area (Å²) in [4.78, 5) is 57.5. The Labute approximate surface area is 310 Å². The van der Waals surface area contributed by atoms with E-state index in [1.165, 1.54) is 30.2 Å². The van der Waals surface area contributed by atoms with Gasteiger partial charge in [0.2, 0.25) is 11.8 Å². The fourth-order valence-corrected chi connectivity index (χ4v) is 9.98. The molecule has 0 bridgehead atoms. The monoisotopic (exact) mass is 797 g/mol. The van der Waals surface area contributed by atoms with Crippen molar-refractivity contribution in [2.24, 2.45) is 17.8 Å². The highest BCUT2D eigenvalue weighted by molar-refractivity contribution is 9.10. The lowest BCUT2D eigenvalue weighted by atomic mass is 9.56. The number of imide groups is 2. The summed E-state index contributed by atoms with van der Waals surface area (Å²) in [6, 6.07) is 15.1. The number of methoxy groups -OCH3 is 1. The van der Waals surface area contributed by atoms with Crippen LogP contribution in [0.25, 0.3) is 0 Å². The van der Waals surface area contributed by atoms with E-state index in [1.807, 2.05) is 12.1 Å². The van der Waals surface area contributed by atoms with Crippen LogP contribution >= 0.6 is 39.1 Å².